The van der Waals surface area contributed by atoms with Gasteiger partial charge in [0.25, 0.3) is 0 Å². The molecule has 110 valence electrons. The Morgan fingerprint density at radius 1 is 1.10 bits per heavy atom. The average molecular weight is 288 g/mol. The van der Waals surface area contributed by atoms with Crippen molar-refractivity contribution >= 4 is 11.9 Å². The lowest BCUT2D eigenvalue weighted by Gasteiger charge is -2.12. The quantitative estimate of drug-likeness (QED) is 0.603. The smallest absolute Gasteiger partial charge is 0.221 e. The van der Waals surface area contributed by atoms with Crippen LogP contribution in [0.25, 0.3) is 6.08 Å². The minimum absolute atomic E-state index is 0.214. The van der Waals surface area contributed by atoms with Gasteiger partial charge in [0, 0.05) is 0 Å². The third-order valence-electron chi connectivity index (χ3n) is 2.88. The second kappa shape index (κ2) is 6.65. The predicted molar refractivity (Wildman–Crippen MR) is 78.2 cm³/mol. The number of ketones is 1. The first-order chi connectivity index (χ1) is 10.2. The summed E-state index contributed by atoms with van der Waals surface area (Å²) >= 11 is 0. The Morgan fingerprint density at radius 3 is 2.24 bits per heavy atom. The van der Waals surface area contributed by atoms with Gasteiger partial charge in [-0.3, -0.25) is 4.79 Å². The molecular formula is C16H16O5. The van der Waals surface area contributed by atoms with Crippen molar-refractivity contribution in [1.82, 2.24) is 0 Å². The summed E-state index contributed by atoms with van der Waals surface area (Å²) in [6, 6.07) is 6.79. The van der Waals surface area contributed by atoms with Crippen LogP contribution >= 0.6 is 0 Å². The molecule has 0 saturated carbocycles. The van der Waals surface area contributed by atoms with Crippen LogP contribution in [0, 0.1) is 0 Å². The van der Waals surface area contributed by atoms with E-state index in [0.717, 1.165) is 5.56 Å². The van der Waals surface area contributed by atoms with Crippen molar-refractivity contribution in [3.63, 3.8) is 0 Å². The highest BCUT2D eigenvalue weighted by Crippen LogP contribution is 2.38. The van der Waals surface area contributed by atoms with Crippen LogP contribution in [0.4, 0.5) is 0 Å². The molecule has 0 N–H and O–H groups in total. The molecular weight excluding hydrogens is 272 g/mol. The van der Waals surface area contributed by atoms with Crippen LogP contribution in [-0.2, 0) is 0 Å². The molecule has 0 unspecified atom stereocenters. The highest BCUT2D eigenvalue weighted by atomic mass is 16.5. The molecule has 1 heterocycles. The van der Waals surface area contributed by atoms with Crippen LogP contribution in [0.1, 0.15) is 16.1 Å². The van der Waals surface area contributed by atoms with Crippen molar-refractivity contribution in [2.24, 2.45) is 0 Å². The fourth-order valence-corrected chi connectivity index (χ4v) is 1.87. The van der Waals surface area contributed by atoms with Gasteiger partial charge >= 0.3 is 0 Å². The first-order valence-corrected chi connectivity index (χ1v) is 6.25. The zero-order valence-corrected chi connectivity index (χ0v) is 12.1. The van der Waals surface area contributed by atoms with Gasteiger partial charge in [0.05, 0.1) is 27.6 Å². The normalized spacial score (nSPS) is 10.6. The second-order valence-corrected chi connectivity index (χ2v) is 4.13. The molecule has 0 aliphatic heterocycles. The number of ether oxygens (including phenoxy) is 3. The zero-order valence-electron chi connectivity index (χ0n) is 12.1. The van der Waals surface area contributed by atoms with E-state index < -0.39 is 0 Å². The maximum absolute atomic E-state index is 11.8. The lowest BCUT2D eigenvalue weighted by atomic mass is 10.1. The number of methoxy groups -OCH3 is 3. The molecule has 0 fully saturated rings. The molecule has 0 spiro atoms. The fourth-order valence-electron chi connectivity index (χ4n) is 1.87. The SMILES string of the molecule is COc1cc(/C=C\C(=O)c2ccco2)cc(OC)c1OC. The number of allylic oxidation sites excluding steroid dienone is 1. The van der Waals surface area contributed by atoms with Gasteiger partial charge in [-0.25, -0.2) is 0 Å². The third-order valence-corrected chi connectivity index (χ3v) is 2.88. The fraction of sp³-hybridized carbons (Fsp3) is 0.188. The van der Waals surface area contributed by atoms with Gasteiger partial charge < -0.3 is 18.6 Å². The summed E-state index contributed by atoms with van der Waals surface area (Å²) in [7, 11) is 4.62. The minimum atomic E-state index is -0.214. The number of carbonyl (C=O) groups is 1. The van der Waals surface area contributed by atoms with Crippen molar-refractivity contribution in [3.8, 4) is 17.2 Å². The largest absolute Gasteiger partial charge is 0.493 e. The monoisotopic (exact) mass is 288 g/mol. The highest BCUT2D eigenvalue weighted by Gasteiger charge is 2.12. The van der Waals surface area contributed by atoms with Gasteiger partial charge in [0.15, 0.2) is 17.3 Å². The van der Waals surface area contributed by atoms with Crippen LogP contribution in [0.5, 0.6) is 17.2 Å². The van der Waals surface area contributed by atoms with Crippen LogP contribution in [0.3, 0.4) is 0 Å². The molecule has 0 saturated heterocycles. The molecule has 21 heavy (non-hydrogen) atoms. The van der Waals surface area contributed by atoms with Gasteiger partial charge in [-0.05, 0) is 35.9 Å². The van der Waals surface area contributed by atoms with E-state index in [1.807, 2.05) is 0 Å². The lowest BCUT2D eigenvalue weighted by Crippen LogP contribution is -1.96. The van der Waals surface area contributed by atoms with Gasteiger partial charge in [0.1, 0.15) is 0 Å². The van der Waals surface area contributed by atoms with E-state index in [0.29, 0.717) is 23.0 Å². The predicted octanol–water partition coefficient (Wildman–Crippen LogP) is 3.20. The van der Waals surface area contributed by atoms with Crippen LogP contribution in [-0.4, -0.2) is 27.1 Å². The molecule has 2 rings (SSSR count). The summed E-state index contributed by atoms with van der Waals surface area (Å²) in [5.74, 6) is 1.64. The Hall–Kier alpha value is -2.69. The van der Waals surface area contributed by atoms with Crippen LogP contribution < -0.4 is 14.2 Å². The van der Waals surface area contributed by atoms with Crippen LogP contribution in [0.2, 0.25) is 0 Å². The number of rotatable bonds is 6. The second-order valence-electron chi connectivity index (χ2n) is 4.13. The van der Waals surface area contributed by atoms with Crippen molar-refractivity contribution in [1.29, 1.82) is 0 Å². The molecule has 5 nitrogen and oxygen atoms in total. The Bertz CT molecular complexity index is 616. The summed E-state index contributed by atoms with van der Waals surface area (Å²) in [6.07, 6.45) is 4.55. The zero-order chi connectivity index (χ0) is 15.2. The molecule has 0 radical (unpaired) electrons. The standard InChI is InChI=1S/C16H16O5/c1-18-14-9-11(10-15(19-2)16(14)20-3)6-7-12(17)13-5-4-8-21-13/h4-10H,1-3H3/b7-6-. The molecule has 2 aromatic rings. The molecule has 0 aliphatic carbocycles. The Labute approximate surface area is 122 Å². The maximum atomic E-state index is 11.8. The maximum Gasteiger partial charge on any atom is 0.221 e. The number of hydrogen-bond donors (Lipinski definition) is 0. The van der Waals surface area contributed by atoms with Gasteiger partial charge in [0.2, 0.25) is 11.5 Å². The molecule has 1 aromatic carbocycles. The summed E-state index contributed by atoms with van der Waals surface area (Å²) in [6.45, 7) is 0. The van der Waals surface area contributed by atoms with Crippen molar-refractivity contribution in [2.45, 2.75) is 0 Å². The first-order valence-electron chi connectivity index (χ1n) is 6.25. The summed E-state index contributed by atoms with van der Waals surface area (Å²) in [5.41, 5.74) is 0.754. The van der Waals surface area contributed by atoms with Gasteiger partial charge in [-0.2, -0.15) is 0 Å². The Balaban J connectivity index is 2.30. The third kappa shape index (κ3) is 3.25. The molecule has 0 atom stereocenters. The van der Waals surface area contributed by atoms with Crippen molar-refractivity contribution < 1.29 is 23.4 Å². The molecule has 0 amide bonds. The molecule has 0 bridgehead atoms. The van der Waals surface area contributed by atoms with E-state index in [9.17, 15) is 4.79 Å². The summed E-state index contributed by atoms with van der Waals surface area (Å²) < 4.78 is 20.8. The van der Waals surface area contributed by atoms with E-state index in [1.54, 1.807) is 44.6 Å². The van der Waals surface area contributed by atoms with Gasteiger partial charge in [-0.15, -0.1) is 0 Å². The van der Waals surface area contributed by atoms with Crippen LogP contribution in [0.15, 0.2) is 41.0 Å². The van der Waals surface area contributed by atoms with E-state index >= 15 is 0 Å². The van der Waals surface area contributed by atoms with E-state index in [2.05, 4.69) is 0 Å². The van der Waals surface area contributed by atoms with E-state index in [1.165, 1.54) is 19.4 Å². The number of furan rings is 1. The lowest BCUT2D eigenvalue weighted by molar-refractivity contribution is 0.102. The highest BCUT2D eigenvalue weighted by molar-refractivity contribution is 6.04. The van der Waals surface area contributed by atoms with E-state index in [4.69, 9.17) is 18.6 Å². The van der Waals surface area contributed by atoms with Crippen molar-refractivity contribution in [3.05, 3.63) is 47.9 Å². The Kier molecular flexibility index (Phi) is 4.66. The average Bonchev–Trinajstić information content (AvgIpc) is 3.05. The number of hydrogen-bond acceptors (Lipinski definition) is 5. The molecule has 1 aromatic heterocycles. The summed E-state index contributed by atoms with van der Waals surface area (Å²) in [4.78, 5) is 11.8. The van der Waals surface area contributed by atoms with Gasteiger partial charge in [-0.1, -0.05) is 6.08 Å². The Morgan fingerprint density at radius 2 is 1.76 bits per heavy atom. The van der Waals surface area contributed by atoms with Crippen molar-refractivity contribution in [2.75, 3.05) is 21.3 Å². The number of carbonyl (C=O) groups excluding carboxylic acids is 1. The summed E-state index contributed by atoms with van der Waals surface area (Å²) in [5, 5.41) is 0. The number of benzene rings is 1. The van der Waals surface area contributed by atoms with E-state index in [-0.39, 0.29) is 5.78 Å². The molecule has 0 aliphatic rings. The first kappa shape index (κ1) is 14.7. The minimum Gasteiger partial charge on any atom is -0.493 e. The molecule has 5 heteroatoms. The topological polar surface area (TPSA) is 57.9 Å².